The van der Waals surface area contributed by atoms with E-state index in [0.29, 0.717) is 5.82 Å². The highest BCUT2D eigenvalue weighted by Gasteiger charge is 2.04. The van der Waals surface area contributed by atoms with Gasteiger partial charge in [-0.25, -0.2) is 0 Å². The highest BCUT2D eigenvalue weighted by Crippen LogP contribution is 2.09. The molecule has 1 rings (SSSR count). The van der Waals surface area contributed by atoms with Crippen LogP contribution in [0.15, 0.2) is 0 Å². The summed E-state index contributed by atoms with van der Waals surface area (Å²) in [5, 5.41) is 0. The van der Waals surface area contributed by atoms with E-state index >= 15 is 0 Å². The van der Waals surface area contributed by atoms with E-state index in [1.165, 1.54) is 0 Å². The fraction of sp³-hybridized carbons (Fsp3) is 0.500. The summed E-state index contributed by atoms with van der Waals surface area (Å²) in [6, 6.07) is 0. The van der Waals surface area contributed by atoms with Crippen LogP contribution in [-0.2, 0) is 0 Å². The number of halogens is 1. The normalized spacial score (nSPS) is 9.58. The van der Waals surface area contributed by atoms with Crippen molar-refractivity contribution in [1.82, 2.24) is 15.0 Å². The molecule has 0 radical (unpaired) electrons. The van der Waals surface area contributed by atoms with Gasteiger partial charge in [-0.3, -0.25) is 0 Å². The molecule has 0 fully saturated rings. The van der Waals surface area contributed by atoms with Crippen molar-refractivity contribution in [3.05, 3.63) is 5.82 Å². The van der Waals surface area contributed by atoms with Crippen LogP contribution >= 0.6 is 12.4 Å². The second kappa shape index (κ2) is 4.06. The average molecular weight is 190 g/mol. The Morgan fingerprint density at radius 3 is 1.75 bits per heavy atom. The largest absolute Gasteiger partial charge is 0.368 e. The first kappa shape index (κ1) is 10.9. The molecule has 1 aromatic heterocycles. The lowest BCUT2D eigenvalue weighted by atomic mass is 10.2. The highest BCUT2D eigenvalue weighted by atomic mass is 35.5. The predicted octanol–water partition coefficient (Wildman–Crippen LogP) is 0.581. The molecule has 6 heteroatoms. The first-order valence-corrected chi connectivity index (χ1v) is 3.36. The number of nitrogen functional groups attached to an aromatic ring is 2. The maximum Gasteiger partial charge on any atom is 0.225 e. The maximum atomic E-state index is 5.36. The zero-order valence-electron chi connectivity index (χ0n) is 6.98. The Kier molecular flexibility index (Phi) is 3.69. The Bertz CT molecular complexity index is 242. The summed E-state index contributed by atoms with van der Waals surface area (Å²) in [4.78, 5) is 11.5. The van der Waals surface area contributed by atoms with Gasteiger partial charge in [0.05, 0.1) is 0 Å². The molecule has 12 heavy (non-hydrogen) atoms. The third-order valence-electron chi connectivity index (χ3n) is 1.20. The standard InChI is InChI=1S/C6H11N5.ClH/c1-3(2)4-9-5(7)11-6(8)10-4;/h3H,1-2H3,(H4,7,8,9,10,11);1H. The molecule has 0 saturated carbocycles. The third-order valence-corrected chi connectivity index (χ3v) is 1.20. The lowest BCUT2D eigenvalue weighted by Crippen LogP contribution is -2.07. The number of anilines is 2. The van der Waals surface area contributed by atoms with Crippen LogP contribution in [-0.4, -0.2) is 15.0 Å². The van der Waals surface area contributed by atoms with Crippen molar-refractivity contribution < 1.29 is 0 Å². The maximum absolute atomic E-state index is 5.36. The van der Waals surface area contributed by atoms with Crippen molar-refractivity contribution in [2.75, 3.05) is 11.5 Å². The minimum atomic E-state index is 0. The lowest BCUT2D eigenvalue weighted by molar-refractivity contribution is 0.768. The van der Waals surface area contributed by atoms with E-state index in [1.807, 2.05) is 13.8 Å². The van der Waals surface area contributed by atoms with Crippen molar-refractivity contribution >= 4 is 24.3 Å². The summed E-state index contributed by atoms with van der Waals surface area (Å²) in [6.07, 6.45) is 0. The Hall–Kier alpha value is -1.10. The number of rotatable bonds is 1. The zero-order valence-corrected chi connectivity index (χ0v) is 7.80. The van der Waals surface area contributed by atoms with Crippen LogP contribution in [0.1, 0.15) is 25.6 Å². The van der Waals surface area contributed by atoms with Crippen molar-refractivity contribution in [1.29, 1.82) is 0 Å². The topological polar surface area (TPSA) is 90.7 Å². The number of nitrogens with two attached hydrogens (primary N) is 2. The number of hydrogen-bond acceptors (Lipinski definition) is 5. The van der Waals surface area contributed by atoms with E-state index in [9.17, 15) is 0 Å². The molecule has 0 unspecified atom stereocenters. The van der Waals surface area contributed by atoms with Gasteiger partial charge in [0, 0.05) is 5.92 Å². The molecular weight excluding hydrogens is 178 g/mol. The second-order valence-electron chi connectivity index (χ2n) is 2.56. The molecule has 0 aliphatic rings. The van der Waals surface area contributed by atoms with Gasteiger partial charge in [0.15, 0.2) is 0 Å². The first-order chi connectivity index (χ1) is 5.09. The van der Waals surface area contributed by atoms with Gasteiger partial charge < -0.3 is 11.5 Å². The summed E-state index contributed by atoms with van der Waals surface area (Å²) in [6.45, 7) is 3.93. The summed E-state index contributed by atoms with van der Waals surface area (Å²) in [5.74, 6) is 1.22. The van der Waals surface area contributed by atoms with Crippen LogP contribution in [0.5, 0.6) is 0 Å². The predicted molar refractivity (Wildman–Crippen MR) is 50.0 cm³/mol. The van der Waals surface area contributed by atoms with E-state index in [4.69, 9.17) is 11.5 Å². The van der Waals surface area contributed by atoms with Crippen LogP contribution in [0.25, 0.3) is 0 Å². The van der Waals surface area contributed by atoms with Gasteiger partial charge in [-0.1, -0.05) is 13.8 Å². The molecule has 0 aliphatic heterocycles. The second-order valence-corrected chi connectivity index (χ2v) is 2.56. The van der Waals surface area contributed by atoms with Gasteiger partial charge >= 0.3 is 0 Å². The van der Waals surface area contributed by atoms with E-state index in [2.05, 4.69) is 15.0 Å². The molecule has 1 heterocycles. The van der Waals surface area contributed by atoms with Crippen molar-refractivity contribution in [2.45, 2.75) is 19.8 Å². The van der Waals surface area contributed by atoms with Crippen LogP contribution in [0, 0.1) is 0 Å². The molecule has 0 atom stereocenters. The number of hydrogen-bond donors (Lipinski definition) is 2. The summed E-state index contributed by atoms with van der Waals surface area (Å²) < 4.78 is 0. The van der Waals surface area contributed by atoms with Gasteiger partial charge in [0.1, 0.15) is 5.82 Å². The molecule has 1 aromatic rings. The Morgan fingerprint density at radius 1 is 1.00 bits per heavy atom. The van der Waals surface area contributed by atoms with E-state index in [-0.39, 0.29) is 30.2 Å². The third kappa shape index (κ3) is 2.50. The van der Waals surface area contributed by atoms with Gasteiger partial charge in [-0.2, -0.15) is 15.0 Å². The molecule has 0 spiro atoms. The molecular formula is C6H12ClN5. The molecule has 0 aromatic carbocycles. The van der Waals surface area contributed by atoms with Gasteiger partial charge in [-0.15, -0.1) is 12.4 Å². The summed E-state index contributed by atoms with van der Waals surface area (Å²) in [5.41, 5.74) is 10.7. The van der Waals surface area contributed by atoms with Crippen molar-refractivity contribution in [2.24, 2.45) is 0 Å². The molecule has 0 bridgehead atoms. The van der Waals surface area contributed by atoms with Crippen LogP contribution in [0.2, 0.25) is 0 Å². The van der Waals surface area contributed by atoms with Crippen molar-refractivity contribution in [3.8, 4) is 0 Å². The van der Waals surface area contributed by atoms with E-state index in [1.54, 1.807) is 0 Å². The van der Waals surface area contributed by atoms with Crippen LogP contribution in [0.3, 0.4) is 0 Å². The monoisotopic (exact) mass is 189 g/mol. The fourth-order valence-corrected chi connectivity index (χ4v) is 0.685. The lowest BCUT2D eigenvalue weighted by Gasteiger charge is -2.03. The zero-order chi connectivity index (χ0) is 8.43. The quantitative estimate of drug-likeness (QED) is 0.675. The minimum absolute atomic E-state index is 0. The molecule has 5 nitrogen and oxygen atoms in total. The van der Waals surface area contributed by atoms with E-state index in [0.717, 1.165) is 0 Å². The molecule has 0 saturated heterocycles. The SMILES string of the molecule is CC(C)c1nc(N)nc(N)n1.Cl. The summed E-state index contributed by atoms with van der Waals surface area (Å²) >= 11 is 0. The molecule has 0 aliphatic carbocycles. The molecule has 0 amide bonds. The highest BCUT2D eigenvalue weighted by molar-refractivity contribution is 5.85. The minimum Gasteiger partial charge on any atom is -0.368 e. The molecule has 68 valence electrons. The van der Waals surface area contributed by atoms with E-state index < -0.39 is 0 Å². The van der Waals surface area contributed by atoms with Crippen molar-refractivity contribution in [3.63, 3.8) is 0 Å². The Labute approximate surface area is 77.0 Å². The van der Waals surface area contributed by atoms with Crippen LogP contribution in [0.4, 0.5) is 11.9 Å². The number of aromatic nitrogens is 3. The first-order valence-electron chi connectivity index (χ1n) is 3.36. The Balaban J connectivity index is 0.00000121. The molecule has 4 N–H and O–H groups in total. The fourth-order valence-electron chi connectivity index (χ4n) is 0.685. The smallest absolute Gasteiger partial charge is 0.225 e. The van der Waals surface area contributed by atoms with Gasteiger partial charge in [-0.05, 0) is 0 Å². The number of nitrogens with zero attached hydrogens (tertiary/aromatic N) is 3. The average Bonchev–Trinajstić information content (AvgIpc) is 1.85. The summed E-state index contributed by atoms with van der Waals surface area (Å²) in [7, 11) is 0. The van der Waals surface area contributed by atoms with Gasteiger partial charge in [0.25, 0.3) is 0 Å². The Morgan fingerprint density at radius 2 is 1.42 bits per heavy atom. The van der Waals surface area contributed by atoms with Gasteiger partial charge in [0.2, 0.25) is 11.9 Å². The van der Waals surface area contributed by atoms with Crippen LogP contribution < -0.4 is 11.5 Å².